The molecular weight excluding hydrogens is 497 g/mol. The van der Waals surface area contributed by atoms with Crippen molar-refractivity contribution in [3.63, 3.8) is 0 Å². The van der Waals surface area contributed by atoms with E-state index < -0.39 is 59.3 Å². The van der Waals surface area contributed by atoms with Gasteiger partial charge in [0.15, 0.2) is 6.23 Å². The molecule has 1 amide bonds. The highest BCUT2D eigenvalue weighted by molar-refractivity contribution is 7.66. The van der Waals surface area contributed by atoms with Gasteiger partial charge in [-0.3, -0.25) is 9.32 Å². The van der Waals surface area contributed by atoms with E-state index >= 15 is 0 Å². The minimum absolute atomic E-state index is 0.0633. The molecule has 2 heterocycles. The van der Waals surface area contributed by atoms with Crippen LogP contribution < -0.4 is 5.32 Å². The van der Waals surface area contributed by atoms with Crippen molar-refractivity contribution in [2.75, 3.05) is 6.61 Å². The van der Waals surface area contributed by atoms with Gasteiger partial charge in [0.05, 0.1) is 6.61 Å². The molecule has 2 aliphatic heterocycles. The molecule has 15 nitrogen and oxygen atoms in total. The van der Waals surface area contributed by atoms with Gasteiger partial charge in [-0.25, -0.2) is 13.7 Å². The molecule has 18 heteroatoms. The summed E-state index contributed by atoms with van der Waals surface area (Å²) in [6, 6.07) is 0. The van der Waals surface area contributed by atoms with Crippen molar-refractivity contribution < 1.29 is 61.1 Å². The molecule has 0 radical (unpaired) electrons. The molecule has 2 rings (SSSR count). The molecular formula is C14H21N2O13P3. The molecule has 180 valence electrons. The molecule has 0 aliphatic carbocycles. The number of aliphatic hydroxyl groups excluding tert-OH is 1. The summed E-state index contributed by atoms with van der Waals surface area (Å²) in [5.41, 5.74) is -3.30. The van der Waals surface area contributed by atoms with Crippen LogP contribution in [0, 0.1) is 17.8 Å². The standard InChI is InChI=1S/C14H21N2O13P3/c1-5-13(3)11(18)14(4,27-12(13)16-7-6-10(17)15-9(16)2)8-26-31(22,23)29-32(24,25)28-30(19,20)21/h1,6-7,11-12,18H,2,8H2,3-4H3,(H,15,17)(H,22,23)(H,24,25)(H2,19,20,21)/t11-,12-,13?,14-/m1/s1. The van der Waals surface area contributed by atoms with E-state index in [2.05, 4.69) is 31.0 Å². The predicted octanol–water partition coefficient (Wildman–Crippen LogP) is -0.138. The Morgan fingerprint density at radius 1 is 1.25 bits per heavy atom. The number of hydrogen-bond acceptors (Lipinski definition) is 10. The zero-order valence-electron chi connectivity index (χ0n) is 16.6. The van der Waals surface area contributed by atoms with Gasteiger partial charge in [0.25, 0.3) is 5.91 Å². The second kappa shape index (κ2) is 8.77. The van der Waals surface area contributed by atoms with E-state index in [0.717, 1.165) is 6.08 Å². The molecule has 0 saturated carbocycles. The zero-order valence-corrected chi connectivity index (χ0v) is 19.3. The van der Waals surface area contributed by atoms with Crippen LogP contribution in [0.5, 0.6) is 0 Å². The number of carbonyl (C=O) groups is 1. The van der Waals surface area contributed by atoms with Gasteiger partial charge in [0.1, 0.15) is 22.9 Å². The topological polar surface area (TPSA) is 222 Å². The Kier molecular flexibility index (Phi) is 7.37. The number of hydrogen-bond donors (Lipinski definition) is 6. The molecule has 0 aromatic rings. The lowest BCUT2D eigenvalue weighted by atomic mass is 9.78. The van der Waals surface area contributed by atoms with E-state index in [1.54, 1.807) is 0 Å². The maximum atomic E-state index is 12.0. The molecule has 1 saturated heterocycles. The highest BCUT2D eigenvalue weighted by Gasteiger charge is 2.61. The van der Waals surface area contributed by atoms with Gasteiger partial charge in [0.2, 0.25) is 0 Å². The van der Waals surface area contributed by atoms with Crippen LogP contribution in [0.4, 0.5) is 0 Å². The lowest BCUT2D eigenvalue weighted by Gasteiger charge is -2.37. The van der Waals surface area contributed by atoms with Crippen LogP contribution >= 0.6 is 23.5 Å². The molecule has 0 aromatic heterocycles. The monoisotopic (exact) mass is 518 g/mol. The van der Waals surface area contributed by atoms with Gasteiger partial charge in [-0.15, -0.1) is 6.42 Å². The van der Waals surface area contributed by atoms with Crippen molar-refractivity contribution in [2.24, 2.45) is 5.41 Å². The quantitative estimate of drug-likeness (QED) is 0.182. The van der Waals surface area contributed by atoms with E-state index in [1.165, 1.54) is 24.9 Å². The van der Waals surface area contributed by atoms with E-state index in [1.807, 2.05) is 0 Å². The first kappa shape index (κ1) is 26.9. The molecule has 0 spiro atoms. The molecule has 32 heavy (non-hydrogen) atoms. The Balaban J connectivity index is 2.22. The van der Waals surface area contributed by atoms with Crippen LogP contribution in [0.25, 0.3) is 0 Å². The fraction of sp³-hybridized carbons (Fsp3) is 0.500. The number of rotatable bonds is 8. The first-order valence-electron chi connectivity index (χ1n) is 8.43. The third-order valence-corrected chi connectivity index (χ3v) is 8.28. The summed E-state index contributed by atoms with van der Waals surface area (Å²) >= 11 is 0. The van der Waals surface area contributed by atoms with Crippen LogP contribution in [0.1, 0.15) is 13.8 Å². The van der Waals surface area contributed by atoms with Gasteiger partial charge in [-0.2, -0.15) is 8.62 Å². The first-order valence-corrected chi connectivity index (χ1v) is 12.9. The average molecular weight is 518 g/mol. The van der Waals surface area contributed by atoms with Crippen molar-refractivity contribution in [2.45, 2.75) is 31.8 Å². The summed E-state index contributed by atoms with van der Waals surface area (Å²) in [4.78, 5) is 48.8. The number of phosphoric ester groups is 1. The molecule has 1 fully saturated rings. The van der Waals surface area contributed by atoms with Crippen LogP contribution in [0.2, 0.25) is 0 Å². The molecule has 6 atom stereocenters. The number of amides is 1. The Morgan fingerprint density at radius 2 is 1.84 bits per heavy atom. The Hall–Kier alpha value is -1.36. The maximum Gasteiger partial charge on any atom is 0.490 e. The van der Waals surface area contributed by atoms with Crippen molar-refractivity contribution in [3.05, 3.63) is 24.7 Å². The third-order valence-electron chi connectivity index (χ3n) is 4.50. The summed E-state index contributed by atoms with van der Waals surface area (Å²) < 4.78 is 51.8. The summed E-state index contributed by atoms with van der Waals surface area (Å²) in [5.74, 6) is 1.97. The fourth-order valence-corrected chi connectivity index (χ4v) is 6.15. The summed E-state index contributed by atoms with van der Waals surface area (Å²) in [6.45, 7) is 5.39. The number of ether oxygens (including phenoxy) is 1. The minimum atomic E-state index is -5.72. The Morgan fingerprint density at radius 3 is 2.34 bits per heavy atom. The zero-order chi connectivity index (χ0) is 24.8. The van der Waals surface area contributed by atoms with Crippen molar-refractivity contribution >= 4 is 29.4 Å². The molecule has 0 aromatic carbocycles. The van der Waals surface area contributed by atoms with Crippen molar-refractivity contribution in [3.8, 4) is 12.3 Å². The lowest BCUT2D eigenvalue weighted by Crippen LogP contribution is -2.49. The van der Waals surface area contributed by atoms with Gasteiger partial charge in [-0.05, 0) is 13.8 Å². The number of aliphatic hydroxyl groups is 1. The Labute approximate surface area is 182 Å². The number of carbonyl (C=O) groups excluding carboxylic acids is 1. The molecule has 0 bridgehead atoms. The predicted molar refractivity (Wildman–Crippen MR) is 104 cm³/mol. The van der Waals surface area contributed by atoms with E-state index in [9.17, 15) is 33.4 Å². The minimum Gasteiger partial charge on any atom is -0.388 e. The van der Waals surface area contributed by atoms with Crippen LogP contribution in [0.3, 0.4) is 0 Å². The van der Waals surface area contributed by atoms with Gasteiger partial charge in [-0.1, -0.05) is 12.5 Å². The smallest absolute Gasteiger partial charge is 0.388 e. The highest BCUT2D eigenvalue weighted by atomic mass is 31.3. The van der Waals surface area contributed by atoms with Gasteiger partial charge >= 0.3 is 23.5 Å². The molecule has 3 unspecified atom stereocenters. The Bertz CT molecular complexity index is 1020. The van der Waals surface area contributed by atoms with Crippen LogP contribution in [0.15, 0.2) is 24.7 Å². The molecule has 2 aliphatic rings. The SMILES string of the molecule is C#CC1(C)[C@@H](O)[C@@](C)(COP(=O)(O)OP(=O)(O)OP(=O)(O)O)O[C@H]1N1C=CC(=O)NC1=C. The number of nitrogens with one attached hydrogen (secondary N) is 1. The maximum absolute atomic E-state index is 12.0. The summed E-state index contributed by atoms with van der Waals surface area (Å²) in [6.07, 6.45) is 5.31. The van der Waals surface area contributed by atoms with Gasteiger partial charge in [0, 0.05) is 12.3 Å². The van der Waals surface area contributed by atoms with E-state index in [-0.39, 0.29) is 5.82 Å². The van der Waals surface area contributed by atoms with E-state index in [0.29, 0.717) is 0 Å². The van der Waals surface area contributed by atoms with Crippen molar-refractivity contribution in [1.82, 2.24) is 10.2 Å². The van der Waals surface area contributed by atoms with Crippen LogP contribution in [-0.2, 0) is 36.4 Å². The average Bonchev–Trinajstić information content (AvgIpc) is 2.80. The largest absolute Gasteiger partial charge is 0.490 e. The molecule has 6 N–H and O–H groups in total. The summed E-state index contributed by atoms with van der Waals surface area (Å²) in [5, 5.41) is 13.2. The number of phosphoric acid groups is 3. The van der Waals surface area contributed by atoms with E-state index in [4.69, 9.17) is 20.9 Å². The second-order valence-electron chi connectivity index (χ2n) is 7.14. The number of nitrogens with zero attached hydrogens (tertiary/aromatic N) is 1. The van der Waals surface area contributed by atoms with Crippen LogP contribution in [-0.4, -0.2) is 60.0 Å². The normalized spacial score (nSPS) is 34.5. The highest BCUT2D eigenvalue weighted by Crippen LogP contribution is 2.66. The van der Waals surface area contributed by atoms with Gasteiger partial charge < -0.3 is 39.6 Å². The lowest BCUT2D eigenvalue weighted by molar-refractivity contribution is -0.127. The van der Waals surface area contributed by atoms with Crippen molar-refractivity contribution in [1.29, 1.82) is 0 Å². The first-order chi connectivity index (χ1) is 14.3. The number of terminal acetylenes is 1. The second-order valence-corrected chi connectivity index (χ2v) is 11.6. The fourth-order valence-electron chi connectivity index (χ4n) is 3.04. The third kappa shape index (κ3) is 5.95. The summed E-state index contributed by atoms with van der Waals surface area (Å²) in [7, 11) is -16.7.